The number of carbonyl (C=O) groups is 1. The maximum atomic E-state index is 12.1. The van der Waals surface area contributed by atoms with Crippen LogP contribution in [0.15, 0.2) is 36.4 Å². The number of hydrogen-bond donors (Lipinski definition) is 1. The standard InChI is InChI=1S/C18H22N4O/c1-12-11-13-7-5-6-8-15(13)22(12)16-10-9-14(20-21-16)17(23)19-18(2,3)4/h5-10,12H,11H2,1-4H3,(H,19,23). The quantitative estimate of drug-likeness (QED) is 0.926. The molecule has 0 saturated carbocycles. The number of nitrogens with one attached hydrogen (secondary N) is 1. The Balaban J connectivity index is 1.84. The Morgan fingerprint density at radius 3 is 2.57 bits per heavy atom. The van der Waals surface area contributed by atoms with Crippen molar-refractivity contribution in [1.82, 2.24) is 15.5 Å². The molecule has 1 amide bonds. The molecule has 1 atom stereocenters. The van der Waals surface area contributed by atoms with Crippen molar-refractivity contribution in [3.63, 3.8) is 0 Å². The summed E-state index contributed by atoms with van der Waals surface area (Å²) < 4.78 is 0. The summed E-state index contributed by atoms with van der Waals surface area (Å²) in [6, 6.07) is 12.3. The Kier molecular flexibility index (Phi) is 3.80. The largest absolute Gasteiger partial charge is 0.346 e. The number of aromatic nitrogens is 2. The van der Waals surface area contributed by atoms with Crippen molar-refractivity contribution < 1.29 is 4.79 Å². The smallest absolute Gasteiger partial charge is 0.272 e. The van der Waals surface area contributed by atoms with Gasteiger partial charge in [0, 0.05) is 17.3 Å². The molecule has 2 heterocycles. The average molecular weight is 310 g/mol. The van der Waals surface area contributed by atoms with Crippen molar-refractivity contribution in [2.24, 2.45) is 0 Å². The predicted octanol–water partition coefficient (Wildman–Crippen LogP) is 3.09. The molecule has 0 aliphatic carbocycles. The minimum Gasteiger partial charge on any atom is -0.346 e. The first-order valence-corrected chi connectivity index (χ1v) is 7.88. The summed E-state index contributed by atoms with van der Waals surface area (Å²) in [4.78, 5) is 14.3. The second-order valence-corrected chi connectivity index (χ2v) is 7.03. The van der Waals surface area contributed by atoms with Crippen molar-refractivity contribution in [1.29, 1.82) is 0 Å². The van der Waals surface area contributed by atoms with Gasteiger partial charge in [0.1, 0.15) is 0 Å². The fourth-order valence-electron chi connectivity index (χ4n) is 2.89. The fraction of sp³-hybridized carbons (Fsp3) is 0.389. The molecule has 0 radical (unpaired) electrons. The Labute approximate surface area is 136 Å². The highest BCUT2D eigenvalue weighted by Crippen LogP contribution is 2.36. The molecule has 5 nitrogen and oxygen atoms in total. The monoisotopic (exact) mass is 310 g/mol. The highest BCUT2D eigenvalue weighted by atomic mass is 16.2. The summed E-state index contributed by atoms with van der Waals surface area (Å²) in [7, 11) is 0. The van der Waals surface area contributed by atoms with Crippen LogP contribution in [-0.2, 0) is 6.42 Å². The minimum absolute atomic E-state index is 0.202. The number of amides is 1. The molecule has 120 valence electrons. The van der Waals surface area contributed by atoms with Gasteiger partial charge in [0.2, 0.25) is 0 Å². The normalized spacial score (nSPS) is 17.0. The van der Waals surface area contributed by atoms with Crippen molar-refractivity contribution >= 4 is 17.4 Å². The third-order valence-corrected chi connectivity index (χ3v) is 3.83. The Morgan fingerprint density at radius 1 is 1.17 bits per heavy atom. The molecule has 3 rings (SSSR count). The van der Waals surface area contributed by atoms with Gasteiger partial charge in [-0.25, -0.2) is 0 Å². The van der Waals surface area contributed by atoms with Crippen LogP contribution >= 0.6 is 0 Å². The molecule has 5 heteroatoms. The zero-order chi connectivity index (χ0) is 16.6. The zero-order valence-electron chi connectivity index (χ0n) is 14.0. The average Bonchev–Trinajstić information content (AvgIpc) is 2.81. The number of nitrogens with zero attached hydrogens (tertiary/aromatic N) is 3. The van der Waals surface area contributed by atoms with E-state index in [1.807, 2.05) is 32.9 Å². The van der Waals surface area contributed by atoms with E-state index in [2.05, 4.69) is 45.5 Å². The van der Waals surface area contributed by atoms with Gasteiger partial charge < -0.3 is 10.2 Å². The summed E-state index contributed by atoms with van der Waals surface area (Å²) in [5.41, 5.74) is 2.53. The Hall–Kier alpha value is -2.43. The predicted molar refractivity (Wildman–Crippen MR) is 91.0 cm³/mol. The van der Waals surface area contributed by atoms with Crippen LogP contribution in [0.1, 0.15) is 43.7 Å². The van der Waals surface area contributed by atoms with Crippen LogP contribution in [0, 0.1) is 0 Å². The lowest BCUT2D eigenvalue weighted by molar-refractivity contribution is 0.0913. The third kappa shape index (κ3) is 3.18. The van der Waals surface area contributed by atoms with Gasteiger partial charge in [0.15, 0.2) is 11.5 Å². The molecule has 1 aliphatic heterocycles. The van der Waals surface area contributed by atoms with Crippen molar-refractivity contribution in [2.75, 3.05) is 4.90 Å². The van der Waals surface area contributed by atoms with Crippen LogP contribution in [0.3, 0.4) is 0 Å². The number of hydrogen-bond acceptors (Lipinski definition) is 4. The van der Waals surface area contributed by atoms with Gasteiger partial charge in [-0.05, 0) is 57.9 Å². The Bertz CT molecular complexity index is 719. The second kappa shape index (κ2) is 5.65. The summed E-state index contributed by atoms with van der Waals surface area (Å²) in [5, 5.41) is 11.3. The van der Waals surface area contributed by atoms with Gasteiger partial charge in [-0.2, -0.15) is 0 Å². The molecule has 1 aromatic heterocycles. The van der Waals surface area contributed by atoms with Gasteiger partial charge in [-0.3, -0.25) is 4.79 Å². The molecule has 1 N–H and O–H groups in total. The molecule has 23 heavy (non-hydrogen) atoms. The maximum Gasteiger partial charge on any atom is 0.272 e. The summed E-state index contributed by atoms with van der Waals surface area (Å²) in [6.45, 7) is 7.99. The molecule has 1 unspecified atom stereocenters. The molecular weight excluding hydrogens is 288 g/mol. The lowest BCUT2D eigenvalue weighted by Gasteiger charge is -2.23. The molecule has 0 saturated heterocycles. The first kappa shape index (κ1) is 15.5. The highest BCUT2D eigenvalue weighted by molar-refractivity contribution is 5.92. The first-order valence-electron chi connectivity index (χ1n) is 7.88. The molecule has 1 aliphatic rings. The maximum absolute atomic E-state index is 12.1. The molecule has 2 aromatic rings. The summed E-state index contributed by atoms with van der Waals surface area (Å²) in [6.07, 6.45) is 0.990. The van der Waals surface area contributed by atoms with E-state index in [9.17, 15) is 4.79 Å². The number of carbonyl (C=O) groups excluding carboxylic acids is 1. The Morgan fingerprint density at radius 2 is 1.91 bits per heavy atom. The summed E-state index contributed by atoms with van der Waals surface area (Å²) in [5.74, 6) is 0.571. The van der Waals surface area contributed by atoms with E-state index in [-0.39, 0.29) is 11.4 Å². The van der Waals surface area contributed by atoms with Gasteiger partial charge in [-0.1, -0.05) is 18.2 Å². The van der Waals surface area contributed by atoms with Crippen molar-refractivity contribution in [3.05, 3.63) is 47.7 Å². The number of para-hydroxylation sites is 1. The van der Waals surface area contributed by atoms with Crippen LogP contribution in [0.5, 0.6) is 0 Å². The van der Waals surface area contributed by atoms with Crippen LogP contribution < -0.4 is 10.2 Å². The van der Waals surface area contributed by atoms with Crippen LogP contribution in [0.2, 0.25) is 0 Å². The van der Waals surface area contributed by atoms with E-state index in [1.54, 1.807) is 6.07 Å². The van der Waals surface area contributed by atoms with E-state index >= 15 is 0 Å². The lowest BCUT2D eigenvalue weighted by Crippen LogP contribution is -2.41. The van der Waals surface area contributed by atoms with Crippen molar-refractivity contribution in [3.8, 4) is 0 Å². The number of rotatable bonds is 2. The van der Waals surface area contributed by atoms with E-state index in [1.165, 1.54) is 11.3 Å². The number of benzene rings is 1. The first-order chi connectivity index (χ1) is 10.8. The zero-order valence-corrected chi connectivity index (χ0v) is 14.0. The second-order valence-electron chi connectivity index (χ2n) is 7.03. The molecule has 1 aromatic carbocycles. The van der Waals surface area contributed by atoms with E-state index in [0.717, 1.165) is 12.2 Å². The van der Waals surface area contributed by atoms with E-state index < -0.39 is 0 Å². The number of anilines is 2. The van der Waals surface area contributed by atoms with Crippen LogP contribution in [0.25, 0.3) is 0 Å². The minimum atomic E-state index is -0.292. The lowest BCUT2D eigenvalue weighted by atomic mass is 10.1. The van der Waals surface area contributed by atoms with Gasteiger partial charge in [0.25, 0.3) is 5.91 Å². The van der Waals surface area contributed by atoms with Gasteiger partial charge >= 0.3 is 0 Å². The van der Waals surface area contributed by atoms with E-state index in [0.29, 0.717) is 11.7 Å². The van der Waals surface area contributed by atoms with E-state index in [4.69, 9.17) is 0 Å². The highest BCUT2D eigenvalue weighted by Gasteiger charge is 2.28. The fourth-order valence-corrected chi connectivity index (χ4v) is 2.89. The summed E-state index contributed by atoms with van der Waals surface area (Å²) >= 11 is 0. The van der Waals surface area contributed by atoms with Gasteiger partial charge in [-0.15, -0.1) is 10.2 Å². The number of fused-ring (bicyclic) bond motifs is 1. The van der Waals surface area contributed by atoms with Gasteiger partial charge in [0.05, 0.1) is 0 Å². The van der Waals surface area contributed by atoms with Crippen LogP contribution in [0.4, 0.5) is 11.5 Å². The molecule has 0 bridgehead atoms. The van der Waals surface area contributed by atoms with Crippen molar-refractivity contribution in [2.45, 2.75) is 45.7 Å². The topological polar surface area (TPSA) is 58.1 Å². The molecule has 0 fully saturated rings. The molecular formula is C18H22N4O. The SMILES string of the molecule is CC1Cc2ccccc2N1c1ccc(C(=O)NC(C)(C)C)nn1. The third-order valence-electron chi connectivity index (χ3n) is 3.83. The molecule has 0 spiro atoms. The van der Waals surface area contributed by atoms with Crippen LogP contribution in [-0.4, -0.2) is 27.7 Å².